The zero-order valence-corrected chi connectivity index (χ0v) is 63.6. The fourth-order valence-electron chi connectivity index (χ4n) is 13.9. The Morgan fingerprint density at radius 3 is 1.39 bits per heavy atom. The Labute approximate surface area is 641 Å². The summed E-state index contributed by atoms with van der Waals surface area (Å²) >= 11 is 6.23. The Morgan fingerprint density at radius 1 is 0.532 bits per heavy atom. The molecule has 0 bridgehead atoms. The number of benzene rings is 4. The molecule has 5 aliphatic rings. The fraction of sp³-hybridized carbons (Fsp3) is 0.398. The molecule has 3 aliphatic heterocycles. The summed E-state index contributed by atoms with van der Waals surface area (Å²) in [5.74, 6) is 2.01. The van der Waals surface area contributed by atoms with Gasteiger partial charge in [-0.1, -0.05) is 67.6 Å². The normalized spacial score (nSPS) is 17.2. The summed E-state index contributed by atoms with van der Waals surface area (Å²) < 4.78 is 37.9. The van der Waals surface area contributed by atoms with Crippen molar-refractivity contribution in [2.45, 2.75) is 174 Å². The first-order chi connectivity index (χ1) is 51.5. The van der Waals surface area contributed by atoms with Crippen LogP contribution >= 0.6 is 11.6 Å². The lowest BCUT2D eigenvalue weighted by Gasteiger charge is -2.43. The molecule has 8 N–H and O–H groups in total. The summed E-state index contributed by atoms with van der Waals surface area (Å²) in [4.78, 5) is 78.6. The van der Waals surface area contributed by atoms with E-state index in [9.17, 15) is 19.2 Å². The number of rotatable bonds is 14. The van der Waals surface area contributed by atoms with Gasteiger partial charge in [0.1, 0.15) is 39.0 Å². The zero-order chi connectivity index (χ0) is 76.3. The maximum absolute atomic E-state index is 12.9. The molecule has 4 amide bonds. The van der Waals surface area contributed by atoms with Crippen molar-refractivity contribution >= 4 is 93.5 Å². The monoisotopic (exact) mass is 1500 g/mol. The number of aromatic nitrogens is 8. The molecule has 9 heterocycles. The molecule has 0 atom stereocenters. The van der Waals surface area contributed by atoms with Crippen molar-refractivity contribution in [3.05, 3.63) is 174 Å². The molecule has 10 aromatic rings. The smallest absolute Gasteiger partial charge is 0.444 e. The molecule has 4 aromatic carbocycles. The summed E-state index contributed by atoms with van der Waals surface area (Å²) in [7, 11) is -0.421. The quantitative estimate of drug-likeness (QED) is 0.0435. The number of halogens is 1. The number of nitrogen functional groups attached to an aromatic ring is 2. The van der Waals surface area contributed by atoms with E-state index in [4.69, 9.17) is 66.3 Å². The summed E-state index contributed by atoms with van der Waals surface area (Å²) in [5, 5.41) is 12.7. The number of nitrogens with one attached hydrogen (secondary N) is 4. The number of anilines is 4. The highest BCUT2D eigenvalue weighted by molar-refractivity contribution is 6.62. The van der Waals surface area contributed by atoms with Crippen molar-refractivity contribution in [2.75, 3.05) is 48.5 Å². The number of pyridine rings is 4. The number of imidazole rings is 2. The maximum Gasteiger partial charge on any atom is 0.494 e. The predicted molar refractivity (Wildman–Crippen MR) is 426 cm³/mol. The van der Waals surface area contributed by atoms with Crippen LogP contribution in [0.1, 0.15) is 152 Å². The van der Waals surface area contributed by atoms with E-state index < -0.39 is 41.6 Å². The summed E-state index contributed by atoms with van der Waals surface area (Å²) in [6.45, 7) is 21.8. The molecule has 570 valence electrons. The van der Waals surface area contributed by atoms with Crippen LogP contribution in [0.2, 0.25) is 5.15 Å². The molecule has 0 radical (unpaired) electrons. The van der Waals surface area contributed by atoms with Gasteiger partial charge in [0.05, 0.1) is 39.1 Å². The number of alkyl carbamates (subject to hydrolysis) is 2. The van der Waals surface area contributed by atoms with Crippen LogP contribution in [-0.4, -0.2) is 119 Å². The van der Waals surface area contributed by atoms with Gasteiger partial charge in [0.15, 0.2) is 22.9 Å². The van der Waals surface area contributed by atoms with Crippen LogP contribution in [-0.2, 0) is 48.9 Å². The Morgan fingerprint density at radius 2 is 0.963 bits per heavy atom. The second-order valence-corrected chi connectivity index (χ2v) is 31.6. The number of fused-ring (bicyclic) bond motifs is 2. The number of nitrogens with zero attached hydrogens (tertiary/aromatic N) is 8. The molecule has 5 fully saturated rings. The molecule has 6 aromatic heterocycles. The SMILES string of the molecule is C.CC(C)(C)OC(=O)NC1(c2ccc(-n3c(-c4cccnc4N)nc4ccc(-c5cccc(NC(=O)C6CCOCC6)c5)nc43)cc2)CCC1.CC(C)(C)OC(=O)NC1(c2ccc(-n3c(-c4cccnc4N)nc4ccc(Cl)nc43)cc2)CCC1.CC1(C)OB(c2cccc(NC(=O)C3CCOCC3)c2)OC1(C)C. The van der Waals surface area contributed by atoms with Gasteiger partial charge in [-0.15, -0.1) is 0 Å². The van der Waals surface area contributed by atoms with E-state index >= 15 is 0 Å². The van der Waals surface area contributed by atoms with E-state index in [-0.39, 0.29) is 42.3 Å². The second-order valence-electron chi connectivity index (χ2n) is 31.2. The average molecular weight is 1500 g/mol. The first-order valence-corrected chi connectivity index (χ1v) is 37.3. The standard InChI is InChI=1S/C38H41N7O4.C26H27ClN6O2.C18H26BNO4.CH4/c1-37(2,3)49-36(47)44-38(18-6-19-38)26-10-12-28(13-11-26)45-33(29-9-5-20-40-32(29)39)43-31-15-14-30(42-34(31)45)25-7-4-8-27(23-25)41-35(46)24-16-21-48-22-17-24;1-25(2,3)35-24(34)32-26(13-5-14-26)16-7-9-17(10-8-16)33-22(18-6-4-15-29-21(18)28)30-19-11-12-20(27)31-23(19)33;1-17(2)18(3,4)24-19(23-17)14-6-5-7-15(12-14)20-16(21)13-8-10-22-11-9-13;/h4-5,7-15,20,23-24H,6,16-19,21-22H2,1-3H3,(H2,39,40)(H,41,46)(H,44,47);4,6-12,15H,5,13-14H2,1-3H3,(H2,28,29)(H,32,34);5-7,12-13H,8-11H2,1-4H3,(H,20,21);1H4. The number of amides is 4. The summed E-state index contributed by atoms with van der Waals surface area (Å²) in [6, 6.07) is 46.4. The van der Waals surface area contributed by atoms with Crippen molar-refractivity contribution in [2.24, 2.45) is 11.8 Å². The van der Waals surface area contributed by atoms with Crippen molar-refractivity contribution in [3.63, 3.8) is 0 Å². The molecular formula is C83H98BClN14O10. The van der Waals surface area contributed by atoms with E-state index in [0.29, 0.717) is 94.0 Å². The van der Waals surface area contributed by atoms with Crippen molar-refractivity contribution in [1.29, 1.82) is 0 Å². The second kappa shape index (κ2) is 32.1. The highest BCUT2D eigenvalue weighted by Crippen LogP contribution is 2.45. The molecule has 0 unspecified atom stereocenters. The fourth-order valence-corrected chi connectivity index (χ4v) is 14.1. The third-order valence-electron chi connectivity index (χ3n) is 20.7. The minimum Gasteiger partial charge on any atom is -0.444 e. The number of nitrogens with two attached hydrogens (primary N) is 2. The summed E-state index contributed by atoms with van der Waals surface area (Å²) in [6.07, 6.45) is 10.9. The van der Waals surface area contributed by atoms with Crippen LogP contribution in [0, 0.1) is 11.8 Å². The van der Waals surface area contributed by atoms with Gasteiger partial charge < -0.3 is 61.0 Å². The molecule has 109 heavy (non-hydrogen) atoms. The van der Waals surface area contributed by atoms with Crippen LogP contribution in [0.15, 0.2) is 158 Å². The molecule has 24 nitrogen and oxygen atoms in total. The van der Waals surface area contributed by atoms with E-state index in [1.54, 1.807) is 18.5 Å². The van der Waals surface area contributed by atoms with Crippen LogP contribution in [0.25, 0.3) is 67.7 Å². The largest absolute Gasteiger partial charge is 0.494 e. The highest BCUT2D eigenvalue weighted by Gasteiger charge is 2.52. The van der Waals surface area contributed by atoms with Crippen molar-refractivity contribution in [1.82, 2.24) is 49.7 Å². The molecule has 3 saturated heterocycles. The number of hydrogen-bond acceptors (Lipinski definition) is 18. The Balaban J connectivity index is 0.000000161. The number of ether oxygens (including phenoxy) is 4. The minimum absolute atomic E-state index is 0. The van der Waals surface area contributed by atoms with E-state index in [1.165, 1.54) is 0 Å². The third-order valence-corrected chi connectivity index (χ3v) is 20.9. The average Bonchev–Trinajstić information content (AvgIpc) is 1.62. The Kier molecular flexibility index (Phi) is 23.1. The number of hydrogen-bond donors (Lipinski definition) is 6. The highest BCUT2D eigenvalue weighted by atomic mass is 35.5. The van der Waals surface area contributed by atoms with Crippen LogP contribution in [0.3, 0.4) is 0 Å². The Hall–Kier alpha value is -10.3. The minimum atomic E-state index is -0.586. The van der Waals surface area contributed by atoms with Gasteiger partial charge in [-0.25, -0.2) is 39.5 Å². The van der Waals surface area contributed by atoms with Crippen LogP contribution in [0.5, 0.6) is 0 Å². The zero-order valence-electron chi connectivity index (χ0n) is 62.8. The topological polar surface area (TPSA) is 311 Å². The van der Waals surface area contributed by atoms with Crippen LogP contribution < -0.4 is 38.2 Å². The Bertz CT molecular complexity index is 4920. The lowest BCUT2D eigenvalue weighted by molar-refractivity contribution is -0.123. The molecular weight excluding hydrogens is 1400 g/mol. The van der Waals surface area contributed by atoms with E-state index in [0.717, 1.165) is 109 Å². The van der Waals surface area contributed by atoms with Gasteiger partial charge in [-0.05, 0) is 247 Å². The molecule has 0 spiro atoms. The van der Waals surface area contributed by atoms with Gasteiger partial charge in [-0.3, -0.25) is 18.7 Å². The lowest BCUT2D eigenvalue weighted by atomic mass is 9.72. The first-order valence-electron chi connectivity index (χ1n) is 37.0. The van der Waals surface area contributed by atoms with Crippen molar-refractivity contribution < 1.29 is 47.4 Å². The van der Waals surface area contributed by atoms with E-state index in [2.05, 4.69) is 36.2 Å². The van der Waals surface area contributed by atoms with Gasteiger partial charge in [-0.2, -0.15) is 0 Å². The number of carbonyl (C=O) groups excluding carboxylic acids is 4. The van der Waals surface area contributed by atoms with Gasteiger partial charge in [0, 0.05) is 79.0 Å². The molecule has 15 rings (SSSR count). The first kappa shape index (κ1) is 78.3. The molecule has 26 heteroatoms. The van der Waals surface area contributed by atoms with Crippen molar-refractivity contribution in [3.8, 4) is 45.4 Å². The molecule has 2 aliphatic carbocycles. The van der Waals surface area contributed by atoms with Gasteiger partial charge >= 0.3 is 19.3 Å². The number of carbonyl (C=O) groups is 4. The van der Waals surface area contributed by atoms with Crippen LogP contribution in [0.4, 0.5) is 32.6 Å². The third kappa shape index (κ3) is 17.7. The van der Waals surface area contributed by atoms with Gasteiger partial charge in [0.2, 0.25) is 11.8 Å². The molecule has 2 saturated carbocycles. The van der Waals surface area contributed by atoms with Gasteiger partial charge in [0.25, 0.3) is 0 Å². The maximum atomic E-state index is 12.9. The predicted octanol–water partition coefficient (Wildman–Crippen LogP) is 15.6. The van der Waals surface area contributed by atoms with E-state index in [1.807, 2.05) is 218 Å². The summed E-state index contributed by atoms with van der Waals surface area (Å²) in [5.41, 5.74) is 21.5. The lowest BCUT2D eigenvalue weighted by Crippen LogP contribution is -2.52.